The van der Waals surface area contributed by atoms with Crippen LogP contribution in [-0.4, -0.2) is 24.5 Å². The highest BCUT2D eigenvalue weighted by molar-refractivity contribution is 6.04. The summed E-state index contributed by atoms with van der Waals surface area (Å²) in [6.45, 7) is 4.36. The van der Waals surface area contributed by atoms with E-state index >= 15 is 0 Å². The van der Waals surface area contributed by atoms with E-state index in [0.29, 0.717) is 24.4 Å². The van der Waals surface area contributed by atoms with Crippen molar-refractivity contribution in [1.82, 2.24) is 5.32 Å². The molecule has 0 heterocycles. The molecule has 0 spiro atoms. The number of carbonyl (C=O) groups is 2. The van der Waals surface area contributed by atoms with Gasteiger partial charge in [-0.2, -0.15) is 0 Å². The number of benzene rings is 2. The van der Waals surface area contributed by atoms with Gasteiger partial charge in [-0.1, -0.05) is 12.1 Å². The summed E-state index contributed by atoms with van der Waals surface area (Å²) < 4.78 is 18.1. The van der Waals surface area contributed by atoms with Crippen LogP contribution in [0.15, 0.2) is 48.5 Å². The van der Waals surface area contributed by atoms with Crippen molar-refractivity contribution in [2.24, 2.45) is 0 Å². The molecule has 5 nitrogen and oxygen atoms in total. The smallest absolute Gasteiger partial charge is 0.255 e. The number of hydrogen-bond donors (Lipinski definition) is 2. The Morgan fingerprint density at radius 1 is 1.08 bits per heavy atom. The first-order valence-electron chi connectivity index (χ1n) is 8.04. The molecule has 25 heavy (non-hydrogen) atoms. The zero-order chi connectivity index (χ0) is 18.2. The summed E-state index contributed by atoms with van der Waals surface area (Å²) in [7, 11) is 0. The largest absolute Gasteiger partial charge is 0.369 e. The third-order valence-corrected chi connectivity index (χ3v) is 3.57. The van der Waals surface area contributed by atoms with E-state index in [0.717, 1.165) is 5.56 Å². The first kappa shape index (κ1) is 18.6. The number of hydrogen-bond acceptors (Lipinski definition) is 3. The fourth-order valence-corrected chi connectivity index (χ4v) is 2.17. The molecule has 2 amide bonds. The minimum absolute atomic E-state index is 0.181. The molecule has 0 unspecified atom stereocenters. The van der Waals surface area contributed by atoms with Gasteiger partial charge in [-0.15, -0.1) is 0 Å². The lowest BCUT2D eigenvalue weighted by molar-refractivity contribution is -0.131. The Bertz CT molecular complexity index is 714. The molecule has 2 N–H and O–H groups in total. The van der Waals surface area contributed by atoms with Crippen LogP contribution >= 0.6 is 0 Å². The van der Waals surface area contributed by atoms with Crippen molar-refractivity contribution in [2.45, 2.75) is 26.5 Å². The molecule has 0 saturated carbocycles. The minimum Gasteiger partial charge on any atom is -0.369 e. The fourth-order valence-electron chi connectivity index (χ4n) is 2.17. The number of anilines is 1. The summed E-state index contributed by atoms with van der Waals surface area (Å²) >= 11 is 0. The monoisotopic (exact) mass is 344 g/mol. The maximum Gasteiger partial charge on any atom is 0.255 e. The van der Waals surface area contributed by atoms with E-state index in [4.69, 9.17) is 4.74 Å². The second-order valence-corrected chi connectivity index (χ2v) is 5.47. The predicted octanol–water partition coefficient (Wildman–Crippen LogP) is 3.12. The Morgan fingerprint density at radius 2 is 1.72 bits per heavy atom. The van der Waals surface area contributed by atoms with E-state index in [-0.39, 0.29) is 17.6 Å². The van der Waals surface area contributed by atoms with Crippen molar-refractivity contribution in [3.63, 3.8) is 0 Å². The van der Waals surface area contributed by atoms with Crippen LogP contribution in [0.2, 0.25) is 0 Å². The Kier molecular flexibility index (Phi) is 6.65. The summed E-state index contributed by atoms with van der Waals surface area (Å²) in [4.78, 5) is 23.9. The lowest BCUT2D eigenvalue weighted by atomic mass is 10.1. The molecule has 0 saturated heterocycles. The van der Waals surface area contributed by atoms with Crippen molar-refractivity contribution in [2.75, 3.05) is 11.9 Å². The lowest BCUT2D eigenvalue weighted by Crippen LogP contribution is -2.34. The minimum atomic E-state index is -0.495. The number of rotatable bonds is 7. The zero-order valence-corrected chi connectivity index (χ0v) is 14.2. The molecule has 6 heteroatoms. The topological polar surface area (TPSA) is 67.4 Å². The van der Waals surface area contributed by atoms with Crippen LogP contribution in [0.25, 0.3) is 0 Å². The van der Waals surface area contributed by atoms with E-state index < -0.39 is 6.10 Å². The van der Waals surface area contributed by atoms with Crippen LogP contribution in [0.4, 0.5) is 10.1 Å². The first-order chi connectivity index (χ1) is 12.0. The summed E-state index contributed by atoms with van der Waals surface area (Å²) in [5.41, 5.74) is 1.87. The maximum absolute atomic E-state index is 12.9. The standard InChI is InChI=1S/C19H21FN2O3/c1-3-25-13(2)18(23)21-12-14-4-6-15(7-5-14)19(24)22-17-10-8-16(20)9-11-17/h4-11,13H,3,12H2,1-2H3,(H,21,23)(H,22,24)/t13-/m0/s1. The van der Waals surface area contributed by atoms with Gasteiger partial charge in [0.2, 0.25) is 5.91 Å². The van der Waals surface area contributed by atoms with Gasteiger partial charge in [0.25, 0.3) is 5.91 Å². The van der Waals surface area contributed by atoms with Crippen LogP contribution in [-0.2, 0) is 16.1 Å². The van der Waals surface area contributed by atoms with Crippen molar-refractivity contribution >= 4 is 17.5 Å². The lowest BCUT2D eigenvalue weighted by Gasteiger charge is -2.12. The van der Waals surface area contributed by atoms with E-state index in [1.54, 1.807) is 31.2 Å². The van der Waals surface area contributed by atoms with Gasteiger partial charge in [0, 0.05) is 24.4 Å². The Labute approximate surface area is 146 Å². The van der Waals surface area contributed by atoms with Gasteiger partial charge in [0.05, 0.1) is 0 Å². The molecule has 2 aromatic carbocycles. The van der Waals surface area contributed by atoms with E-state index in [1.165, 1.54) is 24.3 Å². The molecule has 132 valence electrons. The summed E-state index contributed by atoms with van der Waals surface area (Å²) in [5, 5.41) is 5.47. The molecular formula is C19H21FN2O3. The molecule has 0 aliphatic heterocycles. The molecule has 1 atom stereocenters. The SMILES string of the molecule is CCO[C@@H](C)C(=O)NCc1ccc(C(=O)Nc2ccc(F)cc2)cc1. The van der Waals surface area contributed by atoms with Crippen LogP contribution < -0.4 is 10.6 Å². The van der Waals surface area contributed by atoms with Gasteiger partial charge < -0.3 is 15.4 Å². The van der Waals surface area contributed by atoms with Gasteiger partial charge in [-0.05, 0) is 55.8 Å². The maximum atomic E-state index is 12.9. The normalized spacial score (nSPS) is 11.6. The Morgan fingerprint density at radius 3 is 2.32 bits per heavy atom. The summed E-state index contributed by atoms with van der Waals surface area (Å²) in [6.07, 6.45) is -0.495. The van der Waals surface area contributed by atoms with Crippen LogP contribution in [0.1, 0.15) is 29.8 Å². The van der Waals surface area contributed by atoms with Gasteiger partial charge in [0.15, 0.2) is 0 Å². The van der Waals surface area contributed by atoms with Crippen LogP contribution in [0.5, 0.6) is 0 Å². The average molecular weight is 344 g/mol. The third-order valence-electron chi connectivity index (χ3n) is 3.57. The van der Waals surface area contributed by atoms with Crippen LogP contribution in [0, 0.1) is 5.82 Å². The highest BCUT2D eigenvalue weighted by atomic mass is 19.1. The quantitative estimate of drug-likeness (QED) is 0.811. The van der Waals surface area contributed by atoms with Gasteiger partial charge in [-0.3, -0.25) is 9.59 Å². The molecule has 0 fully saturated rings. The Balaban J connectivity index is 1.89. The van der Waals surface area contributed by atoms with Crippen molar-refractivity contribution in [3.05, 3.63) is 65.5 Å². The molecule has 0 aliphatic carbocycles. The van der Waals surface area contributed by atoms with Gasteiger partial charge in [-0.25, -0.2) is 4.39 Å². The fraction of sp³-hybridized carbons (Fsp3) is 0.263. The third kappa shape index (κ3) is 5.69. The molecule has 0 aromatic heterocycles. The summed E-state index contributed by atoms with van der Waals surface area (Å²) in [5.74, 6) is -0.824. The highest BCUT2D eigenvalue weighted by Gasteiger charge is 2.12. The molecular weight excluding hydrogens is 323 g/mol. The molecule has 0 radical (unpaired) electrons. The van der Waals surface area contributed by atoms with E-state index in [1.807, 2.05) is 6.92 Å². The molecule has 0 bridgehead atoms. The predicted molar refractivity (Wildman–Crippen MR) is 93.7 cm³/mol. The summed E-state index contributed by atoms with van der Waals surface area (Å²) in [6, 6.07) is 12.4. The van der Waals surface area contributed by atoms with Crippen molar-refractivity contribution in [1.29, 1.82) is 0 Å². The van der Waals surface area contributed by atoms with Crippen molar-refractivity contribution in [3.8, 4) is 0 Å². The number of halogens is 1. The van der Waals surface area contributed by atoms with Gasteiger partial charge in [0.1, 0.15) is 11.9 Å². The number of nitrogens with one attached hydrogen (secondary N) is 2. The second-order valence-electron chi connectivity index (χ2n) is 5.47. The average Bonchev–Trinajstić information content (AvgIpc) is 2.62. The highest BCUT2D eigenvalue weighted by Crippen LogP contribution is 2.11. The molecule has 2 aromatic rings. The number of ether oxygens (including phenoxy) is 1. The number of carbonyl (C=O) groups excluding carboxylic acids is 2. The molecule has 2 rings (SSSR count). The zero-order valence-electron chi connectivity index (χ0n) is 14.2. The number of amides is 2. The van der Waals surface area contributed by atoms with E-state index in [2.05, 4.69) is 10.6 Å². The Hall–Kier alpha value is -2.73. The first-order valence-corrected chi connectivity index (χ1v) is 8.04. The van der Waals surface area contributed by atoms with Crippen LogP contribution in [0.3, 0.4) is 0 Å². The van der Waals surface area contributed by atoms with Crippen molar-refractivity contribution < 1.29 is 18.7 Å². The molecule has 0 aliphatic rings. The van der Waals surface area contributed by atoms with Gasteiger partial charge >= 0.3 is 0 Å². The van der Waals surface area contributed by atoms with E-state index in [9.17, 15) is 14.0 Å². The second kappa shape index (κ2) is 8.94.